The van der Waals surface area contributed by atoms with Crippen LogP contribution in [0.3, 0.4) is 0 Å². The van der Waals surface area contributed by atoms with Gasteiger partial charge in [0.2, 0.25) is 0 Å². The maximum Gasteiger partial charge on any atom is 0.303 e. The van der Waals surface area contributed by atoms with Crippen molar-refractivity contribution in [3.05, 3.63) is 23.8 Å². The number of aromatic hydroxyl groups is 1. The molecule has 1 aromatic carbocycles. The van der Waals surface area contributed by atoms with Crippen LogP contribution in [0, 0.1) is 6.92 Å². The van der Waals surface area contributed by atoms with Crippen LogP contribution in [0.25, 0.3) is 0 Å². The Morgan fingerprint density at radius 2 is 2.19 bits per heavy atom. The molecule has 0 aromatic heterocycles. The summed E-state index contributed by atoms with van der Waals surface area (Å²) in [6.45, 7) is 3.74. The van der Waals surface area contributed by atoms with E-state index in [-0.39, 0.29) is 18.2 Å². The fourth-order valence-electron chi connectivity index (χ4n) is 1.40. The van der Waals surface area contributed by atoms with Gasteiger partial charge in [-0.3, -0.25) is 4.79 Å². The lowest BCUT2D eigenvalue weighted by molar-refractivity contribution is -0.137. The summed E-state index contributed by atoms with van der Waals surface area (Å²) < 4.78 is 0. The highest BCUT2D eigenvalue weighted by atomic mass is 16.4. The highest BCUT2D eigenvalue weighted by Crippen LogP contribution is 2.21. The first kappa shape index (κ1) is 12.4. The number of hydrogen-bond acceptors (Lipinski definition) is 3. The summed E-state index contributed by atoms with van der Waals surface area (Å²) in [6, 6.07) is 5.40. The Labute approximate surface area is 94.9 Å². The molecule has 16 heavy (non-hydrogen) atoms. The van der Waals surface area contributed by atoms with Crippen LogP contribution in [0.5, 0.6) is 5.75 Å². The highest BCUT2D eigenvalue weighted by Gasteiger charge is 2.06. The predicted molar refractivity (Wildman–Crippen MR) is 62.8 cm³/mol. The molecule has 0 aliphatic heterocycles. The number of aliphatic carboxylic acids is 1. The second-order valence-corrected chi connectivity index (χ2v) is 3.98. The van der Waals surface area contributed by atoms with Gasteiger partial charge in [0.25, 0.3) is 0 Å². The van der Waals surface area contributed by atoms with Gasteiger partial charge in [-0.2, -0.15) is 0 Å². The molecule has 4 heteroatoms. The number of aryl methyl sites for hydroxylation is 1. The molecular formula is C12H17NO3. The third-order valence-corrected chi connectivity index (χ3v) is 2.41. The Bertz CT molecular complexity index is 377. The second kappa shape index (κ2) is 5.39. The van der Waals surface area contributed by atoms with Gasteiger partial charge in [0.15, 0.2) is 0 Å². The molecule has 0 amide bonds. The largest absolute Gasteiger partial charge is 0.508 e. The van der Waals surface area contributed by atoms with Crippen LogP contribution >= 0.6 is 0 Å². The Morgan fingerprint density at radius 3 is 2.75 bits per heavy atom. The van der Waals surface area contributed by atoms with E-state index in [1.165, 1.54) is 0 Å². The van der Waals surface area contributed by atoms with E-state index < -0.39 is 5.97 Å². The number of carboxylic acid groups (broad SMARTS) is 1. The van der Waals surface area contributed by atoms with Crippen molar-refractivity contribution in [3.8, 4) is 5.75 Å². The Kier molecular flexibility index (Phi) is 4.17. The molecular weight excluding hydrogens is 206 g/mol. The van der Waals surface area contributed by atoms with E-state index in [4.69, 9.17) is 5.11 Å². The number of nitrogens with one attached hydrogen (secondary N) is 1. The normalized spacial score (nSPS) is 12.1. The number of carbonyl (C=O) groups is 1. The Hall–Kier alpha value is -1.71. The lowest BCUT2D eigenvalue weighted by Gasteiger charge is -2.14. The summed E-state index contributed by atoms with van der Waals surface area (Å²) in [5.41, 5.74) is 1.63. The third-order valence-electron chi connectivity index (χ3n) is 2.41. The fourth-order valence-corrected chi connectivity index (χ4v) is 1.40. The van der Waals surface area contributed by atoms with Crippen LogP contribution in [0.15, 0.2) is 18.2 Å². The molecule has 1 atom stereocenters. The average Bonchev–Trinajstić information content (AvgIpc) is 2.21. The van der Waals surface area contributed by atoms with Gasteiger partial charge in [0.1, 0.15) is 5.75 Å². The molecule has 0 fully saturated rings. The smallest absolute Gasteiger partial charge is 0.303 e. The lowest BCUT2D eigenvalue weighted by atomic mass is 10.1. The van der Waals surface area contributed by atoms with Gasteiger partial charge in [-0.1, -0.05) is 6.07 Å². The van der Waals surface area contributed by atoms with E-state index in [9.17, 15) is 9.90 Å². The molecule has 1 unspecified atom stereocenters. The van der Waals surface area contributed by atoms with E-state index in [0.717, 1.165) is 11.3 Å². The minimum absolute atomic E-state index is 0.0678. The van der Waals surface area contributed by atoms with E-state index in [1.807, 2.05) is 26.0 Å². The molecule has 0 heterocycles. The molecule has 0 aliphatic rings. The van der Waals surface area contributed by atoms with Crippen molar-refractivity contribution < 1.29 is 15.0 Å². The third kappa shape index (κ3) is 3.81. The molecule has 0 saturated carbocycles. The first-order valence-electron chi connectivity index (χ1n) is 5.27. The van der Waals surface area contributed by atoms with Gasteiger partial charge >= 0.3 is 5.97 Å². The second-order valence-electron chi connectivity index (χ2n) is 3.98. The molecule has 1 aromatic rings. The summed E-state index contributed by atoms with van der Waals surface area (Å²) in [7, 11) is 0. The zero-order valence-electron chi connectivity index (χ0n) is 9.53. The lowest BCUT2D eigenvalue weighted by Crippen LogP contribution is -2.16. The molecule has 0 bridgehead atoms. The summed E-state index contributed by atoms with van der Waals surface area (Å²) in [5.74, 6) is -0.546. The quantitative estimate of drug-likeness (QED) is 0.716. The van der Waals surface area contributed by atoms with Gasteiger partial charge < -0.3 is 15.5 Å². The molecule has 3 N–H and O–H groups in total. The molecule has 0 saturated heterocycles. The first-order chi connectivity index (χ1) is 7.49. The Balaban J connectivity index is 2.52. The molecule has 0 spiro atoms. The predicted octanol–water partition coefficient (Wildman–Crippen LogP) is 2.37. The van der Waals surface area contributed by atoms with E-state index >= 15 is 0 Å². The summed E-state index contributed by atoms with van der Waals surface area (Å²) in [4.78, 5) is 10.4. The number of hydrogen-bond donors (Lipinski definition) is 3. The van der Waals surface area contributed by atoms with Crippen molar-refractivity contribution in [2.45, 2.75) is 32.7 Å². The fraction of sp³-hybridized carbons (Fsp3) is 0.417. The molecule has 4 nitrogen and oxygen atoms in total. The molecule has 1 rings (SSSR count). The highest BCUT2D eigenvalue weighted by molar-refractivity contribution is 5.66. The van der Waals surface area contributed by atoms with Crippen LogP contribution in [-0.2, 0) is 4.79 Å². The van der Waals surface area contributed by atoms with Gasteiger partial charge in [-0.15, -0.1) is 0 Å². The number of carboxylic acids is 1. The number of anilines is 1. The summed E-state index contributed by atoms with van der Waals surface area (Å²) in [6.07, 6.45) is 0.704. The minimum atomic E-state index is -0.791. The molecule has 0 aliphatic carbocycles. The average molecular weight is 223 g/mol. The van der Waals surface area contributed by atoms with Gasteiger partial charge in [-0.05, 0) is 31.9 Å². The van der Waals surface area contributed by atoms with Crippen molar-refractivity contribution in [2.75, 3.05) is 5.32 Å². The van der Waals surface area contributed by atoms with Crippen molar-refractivity contribution in [1.82, 2.24) is 0 Å². The summed E-state index contributed by atoms with van der Waals surface area (Å²) in [5, 5.41) is 21.2. The van der Waals surface area contributed by atoms with Crippen molar-refractivity contribution in [2.24, 2.45) is 0 Å². The summed E-state index contributed by atoms with van der Waals surface area (Å²) >= 11 is 0. The van der Waals surface area contributed by atoms with Crippen LogP contribution in [0.4, 0.5) is 5.69 Å². The van der Waals surface area contributed by atoms with Crippen molar-refractivity contribution >= 4 is 11.7 Å². The standard InChI is InChI=1S/C12H17NO3/c1-8-3-5-10(7-11(8)14)13-9(2)4-6-12(15)16/h3,5,7,9,13-14H,4,6H2,1-2H3,(H,15,16). The van der Waals surface area contributed by atoms with E-state index in [0.29, 0.717) is 6.42 Å². The number of phenolic OH excluding ortho intramolecular Hbond substituents is 1. The number of rotatable bonds is 5. The monoisotopic (exact) mass is 223 g/mol. The molecule has 88 valence electrons. The van der Waals surface area contributed by atoms with E-state index in [2.05, 4.69) is 5.32 Å². The van der Waals surface area contributed by atoms with Crippen LogP contribution in [0.2, 0.25) is 0 Å². The first-order valence-corrected chi connectivity index (χ1v) is 5.27. The van der Waals surface area contributed by atoms with Crippen LogP contribution in [0.1, 0.15) is 25.3 Å². The van der Waals surface area contributed by atoms with Crippen molar-refractivity contribution in [3.63, 3.8) is 0 Å². The maximum atomic E-state index is 10.4. The Morgan fingerprint density at radius 1 is 1.50 bits per heavy atom. The van der Waals surface area contributed by atoms with E-state index in [1.54, 1.807) is 6.07 Å². The van der Waals surface area contributed by atoms with Crippen LogP contribution < -0.4 is 5.32 Å². The number of benzene rings is 1. The van der Waals surface area contributed by atoms with Gasteiger partial charge in [0, 0.05) is 24.2 Å². The topological polar surface area (TPSA) is 69.6 Å². The van der Waals surface area contributed by atoms with Crippen molar-refractivity contribution in [1.29, 1.82) is 0 Å². The van der Waals surface area contributed by atoms with Crippen LogP contribution in [-0.4, -0.2) is 22.2 Å². The zero-order valence-corrected chi connectivity index (χ0v) is 9.53. The number of phenols is 1. The molecule has 0 radical (unpaired) electrons. The van der Waals surface area contributed by atoms with Gasteiger partial charge in [0.05, 0.1) is 0 Å². The maximum absolute atomic E-state index is 10.4. The minimum Gasteiger partial charge on any atom is -0.508 e. The zero-order chi connectivity index (χ0) is 12.1. The SMILES string of the molecule is Cc1ccc(NC(C)CCC(=O)O)cc1O. The van der Waals surface area contributed by atoms with Gasteiger partial charge in [-0.25, -0.2) is 0 Å².